The first-order valence-corrected chi connectivity index (χ1v) is 7.29. The van der Waals surface area contributed by atoms with Crippen molar-refractivity contribution in [3.63, 3.8) is 0 Å². The van der Waals surface area contributed by atoms with Crippen molar-refractivity contribution < 1.29 is 17.7 Å². The second-order valence-electron chi connectivity index (χ2n) is 4.56. The highest BCUT2D eigenvalue weighted by Crippen LogP contribution is 2.22. The van der Waals surface area contributed by atoms with Gasteiger partial charge in [-0.25, -0.2) is 0 Å². The van der Waals surface area contributed by atoms with Crippen LogP contribution in [0.4, 0.5) is 0 Å². The van der Waals surface area contributed by atoms with E-state index in [1.165, 1.54) is 18.6 Å². The van der Waals surface area contributed by atoms with Gasteiger partial charge in [-0.3, -0.25) is 4.55 Å². The van der Waals surface area contributed by atoms with Gasteiger partial charge >= 0.3 is 0 Å². The first-order chi connectivity index (χ1) is 8.45. The zero-order valence-electron chi connectivity index (χ0n) is 10.2. The van der Waals surface area contributed by atoms with E-state index >= 15 is 0 Å². The van der Waals surface area contributed by atoms with Crippen molar-refractivity contribution in [2.24, 2.45) is 0 Å². The van der Waals surface area contributed by atoms with Crippen molar-refractivity contribution in [2.75, 3.05) is 13.1 Å². The maximum atomic E-state index is 10.5. The van der Waals surface area contributed by atoms with Crippen LogP contribution in [-0.2, 0) is 14.9 Å². The lowest BCUT2D eigenvalue weighted by Gasteiger charge is -2.41. The van der Waals surface area contributed by atoms with Crippen LogP contribution in [0.1, 0.15) is 12.0 Å². The smallest absolute Gasteiger partial charge is 0.294 e. The molecule has 6 heteroatoms. The number of nitrogens with one attached hydrogen (secondary N) is 1. The van der Waals surface area contributed by atoms with E-state index < -0.39 is 10.1 Å². The van der Waals surface area contributed by atoms with Gasteiger partial charge in [0.05, 0.1) is 17.1 Å². The number of ether oxygens (including phenoxy) is 1. The van der Waals surface area contributed by atoms with Crippen LogP contribution in [0, 0.1) is 6.92 Å². The maximum absolute atomic E-state index is 10.5. The molecule has 2 unspecified atom stereocenters. The van der Waals surface area contributed by atoms with Gasteiger partial charge in [-0.15, -0.1) is 0 Å². The van der Waals surface area contributed by atoms with Gasteiger partial charge in [-0.2, -0.15) is 8.42 Å². The van der Waals surface area contributed by atoms with Crippen LogP contribution < -0.4 is 5.32 Å². The summed E-state index contributed by atoms with van der Waals surface area (Å²) < 4.78 is 34.9. The Balaban J connectivity index is 0.000000146. The Morgan fingerprint density at radius 3 is 2.00 bits per heavy atom. The minimum atomic E-state index is -4.02. The van der Waals surface area contributed by atoms with Gasteiger partial charge in [0.15, 0.2) is 0 Å². The van der Waals surface area contributed by atoms with Crippen LogP contribution >= 0.6 is 0 Å². The van der Waals surface area contributed by atoms with E-state index in [2.05, 4.69) is 5.32 Å². The van der Waals surface area contributed by atoms with Gasteiger partial charge in [0, 0.05) is 19.5 Å². The molecule has 18 heavy (non-hydrogen) atoms. The Labute approximate surface area is 107 Å². The lowest BCUT2D eigenvalue weighted by molar-refractivity contribution is -0.143. The number of benzene rings is 1. The SMILES string of the molecule is C1NCC2CC1O2.Cc1ccc(S(=O)(=O)O)cc1. The van der Waals surface area contributed by atoms with Gasteiger partial charge in [-0.05, 0) is 19.1 Å². The summed E-state index contributed by atoms with van der Waals surface area (Å²) in [5.74, 6) is 0. The molecule has 100 valence electrons. The second kappa shape index (κ2) is 5.36. The first kappa shape index (κ1) is 13.5. The molecule has 1 aromatic rings. The van der Waals surface area contributed by atoms with Crippen molar-refractivity contribution in [3.05, 3.63) is 29.8 Å². The largest absolute Gasteiger partial charge is 0.372 e. The third-order valence-corrected chi connectivity index (χ3v) is 3.84. The molecule has 3 heterocycles. The summed E-state index contributed by atoms with van der Waals surface area (Å²) in [5, 5.41) is 3.26. The second-order valence-corrected chi connectivity index (χ2v) is 5.98. The van der Waals surface area contributed by atoms with E-state index in [-0.39, 0.29) is 4.90 Å². The van der Waals surface area contributed by atoms with Crippen molar-refractivity contribution in [2.45, 2.75) is 30.4 Å². The Hall–Kier alpha value is -0.950. The Kier molecular flexibility index (Phi) is 4.01. The molecule has 2 atom stereocenters. The minimum Gasteiger partial charge on any atom is -0.372 e. The zero-order valence-corrected chi connectivity index (χ0v) is 11.0. The molecule has 3 aliphatic heterocycles. The predicted molar refractivity (Wildman–Crippen MR) is 67.1 cm³/mol. The summed E-state index contributed by atoms with van der Waals surface area (Å²) in [7, 11) is -4.02. The minimum absolute atomic E-state index is 0.0666. The number of rotatable bonds is 1. The highest BCUT2D eigenvalue weighted by Gasteiger charge is 2.33. The van der Waals surface area contributed by atoms with E-state index in [9.17, 15) is 8.42 Å². The lowest BCUT2D eigenvalue weighted by Crippen LogP contribution is -2.55. The van der Waals surface area contributed by atoms with Gasteiger partial charge in [-0.1, -0.05) is 17.7 Å². The van der Waals surface area contributed by atoms with E-state index in [0.717, 1.165) is 18.7 Å². The van der Waals surface area contributed by atoms with Gasteiger partial charge < -0.3 is 10.1 Å². The Morgan fingerprint density at radius 2 is 1.72 bits per heavy atom. The van der Waals surface area contributed by atoms with E-state index in [1.807, 2.05) is 6.92 Å². The third kappa shape index (κ3) is 3.52. The molecule has 3 fully saturated rings. The molecular formula is C12H17NO4S. The number of fused-ring (bicyclic) bond motifs is 2. The Bertz CT molecular complexity index is 478. The number of hydrogen-bond donors (Lipinski definition) is 2. The van der Waals surface area contributed by atoms with Crippen molar-refractivity contribution in [1.82, 2.24) is 5.32 Å². The summed E-state index contributed by atoms with van der Waals surface area (Å²) >= 11 is 0. The topological polar surface area (TPSA) is 75.6 Å². The summed E-state index contributed by atoms with van der Waals surface area (Å²) in [6, 6.07) is 5.99. The fourth-order valence-electron chi connectivity index (χ4n) is 1.93. The number of aryl methyl sites for hydroxylation is 1. The monoisotopic (exact) mass is 271 g/mol. The van der Waals surface area contributed by atoms with Crippen LogP contribution in [0.15, 0.2) is 29.2 Å². The molecule has 0 aliphatic carbocycles. The van der Waals surface area contributed by atoms with Crippen molar-refractivity contribution >= 4 is 10.1 Å². The number of hydrogen-bond acceptors (Lipinski definition) is 4. The standard InChI is InChI=1S/C7H8O3S.C5H9NO/c1-6-2-4-7(5-3-6)11(8,9)10;1-4-2-6-3-5(1)7-4/h2-5H,1H3,(H,8,9,10);4-6H,1-3H2. The average Bonchev–Trinajstić information content (AvgIpc) is 2.29. The normalized spacial score (nSPS) is 25.7. The van der Waals surface area contributed by atoms with Crippen LogP contribution in [-0.4, -0.2) is 38.3 Å². The molecular weight excluding hydrogens is 254 g/mol. The van der Waals surface area contributed by atoms with E-state index in [0.29, 0.717) is 12.2 Å². The average molecular weight is 271 g/mol. The summed E-state index contributed by atoms with van der Waals surface area (Å²) in [6.07, 6.45) is 2.44. The van der Waals surface area contributed by atoms with Crippen LogP contribution in [0.2, 0.25) is 0 Å². The first-order valence-electron chi connectivity index (χ1n) is 5.85. The summed E-state index contributed by atoms with van der Waals surface area (Å²) in [5.41, 5.74) is 0.956. The van der Waals surface area contributed by atoms with E-state index in [1.54, 1.807) is 12.1 Å². The summed E-state index contributed by atoms with van der Waals surface area (Å²) in [6.45, 7) is 4.00. The molecule has 0 radical (unpaired) electrons. The van der Waals surface area contributed by atoms with Crippen molar-refractivity contribution in [3.8, 4) is 0 Å². The molecule has 0 aromatic heterocycles. The van der Waals surface area contributed by atoms with Crippen LogP contribution in [0.3, 0.4) is 0 Å². The highest BCUT2D eigenvalue weighted by molar-refractivity contribution is 7.85. The molecule has 1 aromatic carbocycles. The van der Waals surface area contributed by atoms with Gasteiger partial charge in [0.25, 0.3) is 10.1 Å². The predicted octanol–water partition coefficient (Wildman–Crippen LogP) is 0.989. The molecule has 0 amide bonds. The molecule has 3 aliphatic rings. The molecule has 4 rings (SSSR count). The highest BCUT2D eigenvalue weighted by atomic mass is 32.2. The fraction of sp³-hybridized carbons (Fsp3) is 0.500. The molecule has 3 saturated heterocycles. The molecule has 5 nitrogen and oxygen atoms in total. The molecule has 0 saturated carbocycles. The third-order valence-electron chi connectivity index (χ3n) is 2.97. The quantitative estimate of drug-likeness (QED) is 0.745. The van der Waals surface area contributed by atoms with Crippen molar-refractivity contribution in [1.29, 1.82) is 0 Å². The lowest BCUT2D eigenvalue weighted by atomic mass is 10.0. The summed E-state index contributed by atoms with van der Waals surface area (Å²) in [4.78, 5) is -0.0666. The molecule has 0 spiro atoms. The van der Waals surface area contributed by atoms with Gasteiger partial charge in [0.2, 0.25) is 0 Å². The van der Waals surface area contributed by atoms with Crippen LogP contribution in [0.25, 0.3) is 0 Å². The number of morpholine rings is 1. The molecule has 2 bridgehead atoms. The zero-order chi connectivity index (χ0) is 13.2. The van der Waals surface area contributed by atoms with Gasteiger partial charge in [0.1, 0.15) is 0 Å². The van der Waals surface area contributed by atoms with Crippen LogP contribution in [0.5, 0.6) is 0 Å². The number of piperidine rings is 1. The molecule has 2 N–H and O–H groups in total. The fourth-order valence-corrected chi connectivity index (χ4v) is 2.41. The van der Waals surface area contributed by atoms with E-state index in [4.69, 9.17) is 9.29 Å². The Morgan fingerprint density at radius 1 is 1.22 bits per heavy atom. The maximum Gasteiger partial charge on any atom is 0.294 e.